The standard InChI is InChI=1S/C14H22N2S/c1-14(2,3)10-7-11-15-13(17)16-12-8-5-4-6-9-12/h4-6,8-9H,7,10-11H2,1-3H3,(H2,15,16,17). The predicted molar refractivity (Wildman–Crippen MR) is 79.4 cm³/mol. The van der Waals surface area contributed by atoms with Crippen molar-refractivity contribution in [1.82, 2.24) is 5.32 Å². The Morgan fingerprint density at radius 3 is 2.41 bits per heavy atom. The molecular weight excluding hydrogens is 228 g/mol. The molecule has 0 bridgehead atoms. The molecule has 94 valence electrons. The van der Waals surface area contributed by atoms with E-state index in [-0.39, 0.29) is 0 Å². The summed E-state index contributed by atoms with van der Waals surface area (Å²) in [6.45, 7) is 7.70. The van der Waals surface area contributed by atoms with Crippen molar-refractivity contribution >= 4 is 23.0 Å². The van der Waals surface area contributed by atoms with Crippen molar-refractivity contribution < 1.29 is 0 Å². The minimum Gasteiger partial charge on any atom is -0.362 e. The molecule has 0 amide bonds. The van der Waals surface area contributed by atoms with Crippen LogP contribution in [0, 0.1) is 5.41 Å². The quantitative estimate of drug-likeness (QED) is 0.628. The van der Waals surface area contributed by atoms with E-state index in [1.807, 2.05) is 30.3 Å². The van der Waals surface area contributed by atoms with Gasteiger partial charge in [0.1, 0.15) is 0 Å². The number of anilines is 1. The van der Waals surface area contributed by atoms with Gasteiger partial charge in [0.25, 0.3) is 0 Å². The molecule has 1 aromatic rings. The summed E-state index contributed by atoms with van der Waals surface area (Å²) in [5.74, 6) is 0. The van der Waals surface area contributed by atoms with Gasteiger partial charge in [-0.1, -0.05) is 39.0 Å². The zero-order valence-corrected chi connectivity index (χ0v) is 11.7. The zero-order chi connectivity index (χ0) is 12.7. The third-order valence-electron chi connectivity index (χ3n) is 2.42. The Morgan fingerprint density at radius 2 is 1.82 bits per heavy atom. The van der Waals surface area contributed by atoms with Gasteiger partial charge in [0, 0.05) is 12.2 Å². The van der Waals surface area contributed by atoms with Gasteiger partial charge in [-0.05, 0) is 42.6 Å². The molecule has 2 N–H and O–H groups in total. The second kappa shape index (κ2) is 6.60. The fraction of sp³-hybridized carbons (Fsp3) is 0.500. The van der Waals surface area contributed by atoms with Gasteiger partial charge in [0.05, 0.1) is 0 Å². The number of para-hydroxylation sites is 1. The van der Waals surface area contributed by atoms with Crippen molar-refractivity contribution in [2.45, 2.75) is 33.6 Å². The van der Waals surface area contributed by atoms with Crippen molar-refractivity contribution in [1.29, 1.82) is 0 Å². The summed E-state index contributed by atoms with van der Waals surface area (Å²) in [4.78, 5) is 0. The largest absolute Gasteiger partial charge is 0.362 e. The molecule has 0 unspecified atom stereocenters. The smallest absolute Gasteiger partial charge is 0.170 e. The summed E-state index contributed by atoms with van der Waals surface area (Å²) in [6.07, 6.45) is 2.34. The maximum Gasteiger partial charge on any atom is 0.170 e. The second-order valence-corrected chi connectivity index (χ2v) is 5.82. The van der Waals surface area contributed by atoms with E-state index in [0.29, 0.717) is 10.5 Å². The Hall–Kier alpha value is -1.09. The van der Waals surface area contributed by atoms with Crippen molar-refractivity contribution in [2.75, 3.05) is 11.9 Å². The number of thiocarbonyl (C=S) groups is 1. The fourth-order valence-corrected chi connectivity index (χ4v) is 1.74. The lowest BCUT2D eigenvalue weighted by Crippen LogP contribution is -2.29. The van der Waals surface area contributed by atoms with Crippen LogP contribution < -0.4 is 10.6 Å². The third-order valence-corrected chi connectivity index (χ3v) is 2.67. The van der Waals surface area contributed by atoms with Crippen molar-refractivity contribution in [3.8, 4) is 0 Å². The van der Waals surface area contributed by atoms with Crippen LogP contribution in [0.1, 0.15) is 33.6 Å². The Morgan fingerprint density at radius 1 is 1.18 bits per heavy atom. The highest BCUT2D eigenvalue weighted by atomic mass is 32.1. The van der Waals surface area contributed by atoms with Gasteiger partial charge >= 0.3 is 0 Å². The summed E-state index contributed by atoms with van der Waals surface area (Å²) >= 11 is 5.22. The first kappa shape index (κ1) is 14.0. The second-order valence-electron chi connectivity index (χ2n) is 5.41. The van der Waals surface area contributed by atoms with Crippen LogP contribution in [0.3, 0.4) is 0 Å². The van der Waals surface area contributed by atoms with E-state index in [1.54, 1.807) is 0 Å². The van der Waals surface area contributed by atoms with Crippen molar-refractivity contribution in [2.24, 2.45) is 5.41 Å². The van der Waals surface area contributed by atoms with Gasteiger partial charge in [-0.2, -0.15) is 0 Å². The number of rotatable bonds is 4. The molecule has 17 heavy (non-hydrogen) atoms. The first-order valence-electron chi connectivity index (χ1n) is 6.07. The molecular formula is C14H22N2S. The Kier molecular flexibility index (Phi) is 5.42. The van der Waals surface area contributed by atoms with E-state index in [1.165, 1.54) is 6.42 Å². The van der Waals surface area contributed by atoms with E-state index in [2.05, 4.69) is 31.4 Å². The molecule has 0 radical (unpaired) electrons. The van der Waals surface area contributed by atoms with Crippen LogP contribution in [0.2, 0.25) is 0 Å². The van der Waals surface area contributed by atoms with Crippen molar-refractivity contribution in [3.63, 3.8) is 0 Å². The predicted octanol–water partition coefficient (Wildman–Crippen LogP) is 3.80. The highest BCUT2D eigenvalue weighted by Crippen LogP contribution is 2.19. The third kappa shape index (κ3) is 6.95. The molecule has 0 saturated heterocycles. The van der Waals surface area contributed by atoms with Gasteiger partial charge < -0.3 is 10.6 Å². The van der Waals surface area contributed by atoms with Crippen LogP contribution in [-0.4, -0.2) is 11.7 Å². The number of hydrogen-bond acceptors (Lipinski definition) is 1. The molecule has 3 heteroatoms. The summed E-state index contributed by atoms with van der Waals surface area (Å²) in [5.41, 5.74) is 1.43. The molecule has 0 atom stereocenters. The number of hydrogen-bond donors (Lipinski definition) is 2. The molecule has 2 nitrogen and oxygen atoms in total. The first-order valence-corrected chi connectivity index (χ1v) is 6.48. The fourth-order valence-electron chi connectivity index (χ4n) is 1.52. The highest BCUT2D eigenvalue weighted by molar-refractivity contribution is 7.80. The normalized spacial score (nSPS) is 11.0. The van der Waals surface area contributed by atoms with Gasteiger partial charge in [-0.25, -0.2) is 0 Å². The molecule has 0 spiro atoms. The minimum absolute atomic E-state index is 0.399. The van der Waals surface area contributed by atoms with Crippen LogP contribution in [0.25, 0.3) is 0 Å². The molecule has 0 aromatic heterocycles. The molecule has 1 aromatic carbocycles. The van der Waals surface area contributed by atoms with Crippen LogP contribution in [0.4, 0.5) is 5.69 Å². The van der Waals surface area contributed by atoms with Crippen LogP contribution in [-0.2, 0) is 0 Å². The molecule has 0 fully saturated rings. The Bertz CT molecular complexity index is 341. The van der Waals surface area contributed by atoms with Crippen molar-refractivity contribution in [3.05, 3.63) is 30.3 Å². The summed E-state index contributed by atoms with van der Waals surface area (Å²) < 4.78 is 0. The lowest BCUT2D eigenvalue weighted by atomic mass is 9.91. The summed E-state index contributed by atoms with van der Waals surface area (Å²) in [6, 6.07) is 9.98. The van der Waals surface area contributed by atoms with Crippen LogP contribution >= 0.6 is 12.2 Å². The summed E-state index contributed by atoms with van der Waals surface area (Å²) in [5, 5.41) is 7.08. The maximum atomic E-state index is 5.22. The average molecular weight is 250 g/mol. The van der Waals surface area contributed by atoms with Gasteiger partial charge in [0.15, 0.2) is 5.11 Å². The van der Waals surface area contributed by atoms with E-state index in [0.717, 1.165) is 18.7 Å². The van der Waals surface area contributed by atoms with Crippen LogP contribution in [0.5, 0.6) is 0 Å². The van der Waals surface area contributed by atoms with E-state index in [4.69, 9.17) is 12.2 Å². The zero-order valence-electron chi connectivity index (χ0n) is 10.9. The van der Waals surface area contributed by atoms with E-state index in [9.17, 15) is 0 Å². The topological polar surface area (TPSA) is 24.1 Å². The molecule has 1 rings (SSSR count). The van der Waals surface area contributed by atoms with E-state index >= 15 is 0 Å². The lowest BCUT2D eigenvalue weighted by Gasteiger charge is -2.18. The highest BCUT2D eigenvalue weighted by Gasteiger charge is 2.08. The lowest BCUT2D eigenvalue weighted by molar-refractivity contribution is 0.365. The molecule has 0 heterocycles. The average Bonchev–Trinajstić information content (AvgIpc) is 2.25. The van der Waals surface area contributed by atoms with E-state index < -0.39 is 0 Å². The van der Waals surface area contributed by atoms with Gasteiger partial charge in [0.2, 0.25) is 0 Å². The Labute approximate surface area is 110 Å². The summed E-state index contributed by atoms with van der Waals surface area (Å²) in [7, 11) is 0. The maximum absolute atomic E-state index is 5.22. The first-order chi connectivity index (χ1) is 7.97. The molecule has 0 aliphatic rings. The van der Waals surface area contributed by atoms with Gasteiger partial charge in [-0.15, -0.1) is 0 Å². The Balaban J connectivity index is 2.18. The number of nitrogens with one attached hydrogen (secondary N) is 2. The van der Waals surface area contributed by atoms with Gasteiger partial charge in [-0.3, -0.25) is 0 Å². The molecule has 0 saturated carbocycles. The molecule has 0 aliphatic heterocycles. The minimum atomic E-state index is 0.399. The SMILES string of the molecule is CC(C)(C)CCCNC(=S)Nc1ccccc1. The van der Waals surface area contributed by atoms with Crippen LogP contribution in [0.15, 0.2) is 30.3 Å². The number of benzene rings is 1. The molecule has 0 aliphatic carbocycles. The monoisotopic (exact) mass is 250 g/mol.